The van der Waals surface area contributed by atoms with Gasteiger partial charge in [-0.1, -0.05) is 29.8 Å². The number of hydrogen-bond acceptors (Lipinski definition) is 6. The van der Waals surface area contributed by atoms with Crippen LogP contribution in [0.1, 0.15) is 30.3 Å². The molecule has 3 N–H and O–H groups in total. The van der Waals surface area contributed by atoms with Crippen molar-refractivity contribution >= 4 is 40.0 Å². The van der Waals surface area contributed by atoms with Crippen LogP contribution in [0, 0.1) is 0 Å². The van der Waals surface area contributed by atoms with E-state index in [-0.39, 0.29) is 28.8 Å². The number of nitrogens with one attached hydrogen (secondary N) is 1. The van der Waals surface area contributed by atoms with Gasteiger partial charge in [0.2, 0.25) is 5.91 Å². The average Bonchev–Trinajstić information content (AvgIpc) is 3.33. The maximum absolute atomic E-state index is 13.6. The summed E-state index contributed by atoms with van der Waals surface area (Å²) in [5.74, 6) is -5.42. The lowest BCUT2D eigenvalue weighted by molar-refractivity contribution is -0.284. The number of alkyl halides is 5. The second kappa shape index (κ2) is 8.33. The minimum Gasteiger partial charge on any atom is -0.383 e. The minimum absolute atomic E-state index is 0.00133. The van der Waals surface area contributed by atoms with E-state index in [1.807, 2.05) is 0 Å². The van der Waals surface area contributed by atoms with Crippen molar-refractivity contribution < 1.29 is 26.7 Å². The number of carbonyl (C=O) groups is 1. The first-order valence-electron chi connectivity index (χ1n) is 10.9. The average molecular weight is 538 g/mol. The highest BCUT2D eigenvalue weighted by Crippen LogP contribution is 2.44. The van der Waals surface area contributed by atoms with Crippen LogP contribution in [0.3, 0.4) is 0 Å². The highest BCUT2D eigenvalue weighted by atomic mass is 35.5. The molecule has 1 amide bonds. The second-order valence-corrected chi connectivity index (χ2v) is 9.09. The fraction of sp³-hybridized carbons (Fsp3) is 0.261. The number of rotatable bonds is 5. The fourth-order valence-corrected chi connectivity index (χ4v) is 4.40. The van der Waals surface area contributed by atoms with E-state index in [1.165, 1.54) is 10.9 Å². The first kappa shape index (κ1) is 24.8. The number of nitrogens with two attached hydrogens (primary N) is 1. The van der Waals surface area contributed by atoms with Crippen LogP contribution in [-0.4, -0.2) is 42.7 Å². The number of benzene rings is 1. The van der Waals surface area contributed by atoms with Gasteiger partial charge < -0.3 is 11.1 Å². The molecule has 1 atom stereocenters. The standard InChI is InChI=1S/C23H17ClF5N7O/c1-21(15-7-6-11(24)10-31-15)16-17(30)32-20(34-18(16)33-19(21)37)36-14-5-3-2-4-12(14)13(35-36)8-9-22(25,26)23(27,28)29/h2-7,10H,8-9H2,1H3,(H3,30,32,33,34,37). The highest BCUT2D eigenvalue weighted by molar-refractivity contribution is 6.30. The molecule has 37 heavy (non-hydrogen) atoms. The summed E-state index contributed by atoms with van der Waals surface area (Å²) in [6.45, 7) is 1.60. The summed E-state index contributed by atoms with van der Waals surface area (Å²) >= 11 is 5.92. The number of hydrogen-bond donors (Lipinski definition) is 2. The molecule has 0 spiro atoms. The predicted molar refractivity (Wildman–Crippen MR) is 125 cm³/mol. The van der Waals surface area contributed by atoms with Gasteiger partial charge in [-0.3, -0.25) is 9.78 Å². The van der Waals surface area contributed by atoms with Gasteiger partial charge in [-0.2, -0.15) is 41.7 Å². The van der Waals surface area contributed by atoms with E-state index >= 15 is 0 Å². The summed E-state index contributed by atoms with van der Waals surface area (Å²) in [4.78, 5) is 25.9. The van der Waals surface area contributed by atoms with Crippen LogP contribution in [0.5, 0.6) is 0 Å². The summed E-state index contributed by atoms with van der Waals surface area (Å²) in [6.07, 6.45) is -6.42. The molecule has 1 aliphatic heterocycles. The van der Waals surface area contributed by atoms with Gasteiger partial charge in [0, 0.05) is 18.0 Å². The largest absolute Gasteiger partial charge is 0.453 e. The minimum atomic E-state index is -5.67. The van der Waals surface area contributed by atoms with E-state index in [1.54, 1.807) is 43.3 Å². The first-order valence-corrected chi connectivity index (χ1v) is 11.2. The van der Waals surface area contributed by atoms with Crippen molar-refractivity contribution in [3.05, 3.63) is 64.6 Å². The fourth-order valence-electron chi connectivity index (χ4n) is 4.29. The molecular weight excluding hydrogens is 521 g/mol. The van der Waals surface area contributed by atoms with Crippen molar-refractivity contribution in [2.24, 2.45) is 0 Å². The van der Waals surface area contributed by atoms with Crippen molar-refractivity contribution in [2.75, 3.05) is 11.1 Å². The van der Waals surface area contributed by atoms with Gasteiger partial charge in [0.1, 0.15) is 17.1 Å². The number of pyridine rings is 1. The molecule has 4 aromatic rings. The maximum atomic E-state index is 13.6. The van der Waals surface area contributed by atoms with Crippen molar-refractivity contribution in [3.63, 3.8) is 0 Å². The number of carbonyl (C=O) groups excluding carboxylic acids is 1. The summed E-state index contributed by atoms with van der Waals surface area (Å²) in [5.41, 5.74) is 5.93. The molecule has 0 bridgehead atoms. The number of nitrogens with zero attached hydrogens (tertiary/aromatic N) is 5. The molecule has 0 aliphatic carbocycles. The van der Waals surface area contributed by atoms with Gasteiger partial charge in [0.05, 0.1) is 27.5 Å². The predicted octanol–water partition coefficient (Wildman–Crippen LogP) is 4.83. The van der Waals surface area contributed by atoms with Crippen LogP contribution < -0.4 is 11.1 Å². The molecule has 1 aromatic carbocycles. The summed E-state index contributed by atoms with van der Waals surface area (Å²) in [6, 6.07) is 9.52. The Kier molecular flexibility index (Phi) is 5.59. The number of halogens is 6. The van der Waals surface area contributed by atoms with Crippen molar-refractivity contribution in [1.29, 1.82) is 0 Å². The quantitative estimate of drug-likeness (QED) is 0.353. The molecule has 8 nitrogen and oxygen atoms in total. The zero-order valence-corrected chi connectivity index (χ0v) is 19.7. The van der Waals surface area contributed by atoms with E-state index in [2.05, 4.69) is 25.4 Å². The smallest absolute Gasteiger partial charge is 0.383 e. The van der Waals surface area contributed by atoms with Crippen LogP contribution >= 0.6 is 11.6 Å². The number of fused-ring (bicyclic) bond motifs is 2. The van der Waals surface area contributed by atoms with E-state index in [4.69, 9.17) is 17.3 Å². The summed E-state index contributed by atoms with van der Waals surface area (Å²) in [5, 5.41) is 7.61. The van der Waals surface area contributed by atoms with Crippen LogP contribution in [0.2, 0.25) is 5.02 Å². The number of aryl methyl sites for hydroxylation is 1. The van der Waals surface area contributed by atoms with Crippen molar-refractivity contribution in [2.45, 2.75) is 37.3 Å². The molecule has 0 saturated carbocycles. The molecule has 0 radical (unpaired) electrons. The molecule has 5 rings (SSSR count). The molecular formula is C23H17ClF5N7O. The Balaban J connectivity index is 1.58. The third-order valence-corrected chi connectivity index (χ3v) is 6.52. The number of anilines is 2. The lowest BCUT2D eigenvalue weighted by Crippen LogP contribution is -2.36. The monoisotopic (exact) mass is 537 g/mol. The third-order valence-electron chi connectivity index (χ3n) is 6.29. The van der Waals surface area contributed by atoms with E-state index in [0.29, 0.717) is 21.6 Å². The first-order chi connectivity index (χ1) is 17.3. The Hall–Kier alpha value is -3.87. The van der Waals surface area contributed by atoms with Gasteiger partial charge in [-0.25, -0.2) is 0 Å². The molecule has 0 saturated heterocycles. The SMILES string of the molecule is CC1(c2ccc(Cl)cn2)C(=O)Nc2nc(-n3nc(CCC(F)(F)C(F)(F)F)c4ccccc43)nc(N)c21. The second-order valence-electron chi connectivity index (χ2n) is 8.65. The molecule has 4 heterocycles. The van der Waals surface area contributed by atoms with Gasteiger partial charge in [0.25, 0.3) is 5.95 Å². The lowest BCUT2D eigenvalue weighted by atomic mass is 9.81. The number of aromatic nitrogens is 5. The topological polar surface area (TPSA) is 112 Å². The van der Waals surface area contributed by atoms with Crippen LogP contribution in [0.4, 0.5) is 33.6 Å². The van der Waals surface area contributed by atoms with Gasteiger partial charge in [-0.05, 0) is 31.5 Å². The molecule has 0 fully saturated rings. The zero-order valence-electron chi connectivity index (χ0n) is 18.9. The Bertz CT molecular complexity index is 1540. The van der Waals surface area contributed by atoms with Gasteiger partial charge in [0.15, 0.2) is 0 Å². The van der Waals surface area contributed by atoms with Crippen LogP contribution in [-0.2, 0) is 16.6 Å². The Morgan fingerprint density at radius 1 is 1.11 bits per heavy atom. The van der Waals surface area contributed by atoms with Crippen LogP contribution in [0.15, 0.2) is 42.6 Å². The van der Waals surface area contributed by atoms with E-state index in [9.17, 15) is 26.7 Å². The van der Waals surface area contributed by atoms with E-state index < -0.39 is 36.3 Å². The molecule has 14 heteroatoms. The van der Waals surface area contributed by atoms with Gasteiger partial charge >= 0.3 is 12.1 Å². The number of para-hydroxylation sites is 1. The molecule has 3 aromatic heterocycles. The van der Waals surface area contributed by atoms with Crippen LogP contribution in [0.25, 0.3) is 16.9 Å². The van der Waals surface area contributed by atoms with Gasteiger partial charge in [-0.15, -0.1) is 0 Å². The molecule has 1 unspecified atom stereocenters. The molecule has 192 valence electrons. The summed E-state index contributed by atoms with van der Waals surface area (Å²) in [7, 11) is 0. The Morgan fingerprint density at radius 3 is 2.51 bits per heavy atom. The Labute approximate surface area is 210 Å². The highest BCUT2D eigenvalue weighted by Gasteiger charge is 2.56. The third kappa shape index (κ3) is 3.93. The Morgan fingerprint density at radius 2 is 1.84 bits per heavy atom. The number of amides is 1. The lowest BCUT2D eigenvalue weighted by Gasteiger charge is -2.22. The van der Waals surface area contributed by atoms with E-state index in [0.717, 1.165) is 0 Å². The summed E-state index contributed by atoms with van der Waals surface area (Å²) < 4.78 is 66.3. The van der Waals surface area contributed by atoms with Crippen molar-refractivity contribution in [3.8, 4) is 5.95 Å². The number of nitrogen functional groups attached to an aromatic ring is 1. The van der Waals surface area contributed by atoms with Crippen molar-refractivity contribution in [1.82, 2.24) is 24.7 Å². The molecule has 1 aliphatic rings. The normalized spacial score (nSPS) is 17.8. The zero-order chi connectivity index (χ0) is 26.8. The maximum Gasteiger partial charge on any atom is 0.453 e.